The van der Waals surface area contributed by atoms with E-state index in [0.717, 1.165) is 25.7 Å². The fourth-order valence-corrected chi connectivity index (χ4v) is 1.01. The minimum Gasteiger partial charge on any atom is -0.300 e. The highest BCUT2D eigenvalue weighted by Gasteiger charge is 1.91. The first kappa shape index (κ1) is 56.3. The van der Waals surface area contributed by atoms with Gasteiger partial charge in [0.2, 0.25) is 0 Å². The van der Waals surface area contributed by atoms with Gasteiger partial charge in [0, 0.05) is 19.3 Å². The number of Topliss-reactive ketones (excluding diaryl/α,β-unsaturated/α-hetero) is 1. The Morgan fingerprint density at radius 3 is 1.19 bits per heavy atom. The van der Waals surface area contributed by atoms with E-state index in [1.807, 2.05) is 27.7 Å². The Hall–Kier alpha value is -1.18. The molecule has 0 bridgehead atoms. The predicted octanol–water partition coefficient (Wildman–Crippen LogP) is 9.49. The van der Waals surface area contributed by atoms with Gasteiger partial charge in [0.1, 0.15) is 5.78 Å². The van der Waals surface area contributed by atoms with E-state index in [4.69, 9.17) is 0 Å². The lowest BCUT2D eigenvalue weighted by Crippen LogP contribution is -1.91. The van der Waals surface area contributed by atoms with Crippen molar-refractivity contribution in [1.29, 1.82) is 0 Å². The van der Waals surface area contributed by atoms with Crippen molar-refractivity contribution in [1.82, 2.24) is 0 Å². The lowest BCUT2D eigenvalue weighted by atomic mass is 10.2. The maximum Gasteiger partial charge on any atom is 0.155 e. The van der Waals surface area contributed by atoms with Crippen molar-refractivity contribution >= 4 is 11.6 Å². The number of rotatable bonds is 7. The van der Waals surface area contributed by atoms with Gasteiger partial charge in [-0.1, -0.05) is 97.4 Å². The SMILES string of the molecule is C.C.C.C.C.C.C/C=C\C(=O)CC.C=C(CC)CC.CCCC(=O)CC. The minimum absolute atomic E-state index is 0. The maximum atomic E-state index is 10.4. The monoisotopic (exact) mass is 378 g/mol. The third-order valence-electron chi connectivity index (χ3n) is 2.62. The summed E-state index contributed by atoms with van der Waals surface area (Å²) in [6.07, 6.45) is 8.68. The average molecular weight is 379 g/mol. The fraction of sp³-hybridized carbons (Fsp3) is 0.750. The first-order valence-corrected chi connectivity index (χ1v) is 7.76. The van der Waals surface area contributed by atoms with Gasteiger partial charge in [0.05, 0.1) is 0 Å². The summed E-state index contributed by atoms with van der Waals surface area (Å²) in [7, 11) is 0. The molecule has 0 fully saturated rings. The van der Waals surface area contributed by atoms with Gasteiger partial charge in [0.15, 0.2) is 5.78 Å². The van der Waals surface area contributed by atoms with Crippen LogP contribution in [0.5, 0.6) is 0 Å². The molecule has 0 aliphatic carbocycles. The van der Waals surface area contributed by atoms with E-state index in [0.29, 0.717) is 18.6 Å². The van der Waals surface area contributed by atoms with Crippen LogP contribution in [0.3, 0.4) is 0 Å². The van der Waals surface area contributed by atoms with Crippen molar-refractivity contribution in [2.75, 3.05) is 0 Å². The molecule has 0 rings (SSSR count). The third kappa shape index (κ3) is 66.1. The van der Waals surface area contributed by atoms with Crippen molar-refractivity contribution in [2.24, 2.45) is 0 Å². The molecule has 0 aliphatic heterocycles. The maximum absolute atomic E-state index is 10.4. The summed E-state index contributed by atoms with van der Waals surface area (Å²) in [5.41, 5.74) is 1.34. The van der Waals surface area contributed by atoms with Gasteiger partial charge < -0.3 is 0 Å². The van der Waals surface area contributed by atoms with Crippen LogP contribution in [0.25, 0.3) is 0 Å². The standard InChI is InChI=1S/C6H12O.C6H10O.C6H12.6CH4/c2*1-3-5-6(7)4-2;1-4-6(3)5-2;;;;;;/h3-5H2,1-2H3;3,5H,4H2,1-2H3;3-5H2,1-2H3;6*1H4/b;5-3-;;;;;;;. The van der Waals surface area contributed by atoms with Crippen molar-refractivity contribution in [2.45, 2.75) is 125 Å². The second-order valence-corrected chi connectivity index (χ2v) is 4.42. The highest BCUT2D eigenvalue weighted by atomic mass is 16.1. The largest absolute Gasteiger partial charge is 0.300 e. The van der Waals surface area contributed by atoms with E-state index < -0.39 is 0 Å². The Morgan fingerprint density at radius 2 is 1.12 bits per heavy atom. The van der Waals surface area contributed by atoms with Gasteiger partial charge >= 0.3 is 0 Å². The van der Waals surface area contributed by atoms with Crippen molar-refractivity contribution in [3.8, 4) is 0 Å². The van der Waals surface area contributed by atoms with E-state index in [2.05, 4.69) is 20.4 Å². The molecule has 0 unspecified atom stereocenters. The Labute approximate surface area is 170 Å². The molecule has 2 nitrogen and oxygen atoms in total. The molecule has 0 N–H and O–H groups in total. The average Bonchev–Trinajstić information content (AvgIpc) is 2.48. The Bertz CT molecular complexity index is 270. The molecule has 0 aliphatic rings. The minimum atomic E-state index is 0. The fourth-order valence-electron chi connectivity index (χ4n) is 1.01. The van der Waals surface area contributed by atoms with E-state index in [1.165, 1.54) is 5.57 Å². The molecule has 2 heteroatoms. The third-order valence-corrected chi connectivity index (χ3v) is 2.62. The lowest BCUT2D eigenvalue weighted by Gasteiger charge is -1.89. The summed E-state index contributed by atoms with van der Waals surface area (Å²) in [5, 5.41) is 0. The van der Waals surface area contributed by atoms with Gasteiger partial charge in [-0.3, -0.25) is 9.59 Å². The number of hydrogen-bond donors (Lipinski definition) is 0. The lowest BCUT2D eigenvalue weighted by molar-refractivity contribution is -0.118. The molecular weight excluding hydrogens is 320 g/mol. The number of ketones is 2. The molecule has 0 heterocycles. The van der Waals surface area contributed by atoms with Crippen LogP contribution in [-0.2, 0) is 9.59 Å². The van der Waals surface area contributed by atoms with Gasteiger partial charge in [-0.25, -0.2) is 0 Å². The summed E-state index contributed by atoms with van der Waals surface area (Å²) in [5.74, 6) is 0.574. The van der Waals surface area contributed by atoms with Gasteiger partial charge in [-0.2, -0.15) is 0 Å². The van der Waals surface area contributed by atoms with Gasteiger partial charge in [0.25, 0.3) is 0 Å². The summed E-state index contributed by atoms with van der Waals surface area (Å²) >= 11 is 0. The van der Waals surface area contributed by atoms with Crippen LogP contribution in [0.4, 0.5) is 0 Å². The molecule has 0 saturated carbocycles. The van der Waals surface area contributed by atoms with E-state index in [-0.39, 0.29) is 50.3 Å². The number of hydrogen-bond acceptors (Lipinski definition) is 2. The van der Waals surface area contributed by atoms with E-state index >= 15 is 0 Å². The highest BCUT2D eigenvalue weighted by molar-refractivity contribution is 5.89. The molecule has 0 atom stereocenters. The Balaban J connectivity index is -0.0000000214. The number of carbonyl (C=O) groups is 2. The molecule has 26 heavy (non-hydrogen) atoms. The van der Waals surface area contributed by atoms with E-state index in [1.54, 1.807) is 12.2 Å². The summed E-state index contributed by atoms with van der Waals surface area (Å²) < 4.78 is 0. The quantitative estimate of drug-likeness (QED) is 0.326. The van der Waals surface area contributed by atoms with Crippen LogP contribution in [0, 0.1) is 0 Å². The second-order valence-electron chi connectivity index (χ2n) is 4.42. The van der Waals surface area contributed by atoms with Crippen LogP contribution >= 0.6 is 0 Å². The smallest absolute Gasteiger partial charge is 0.155 e. The van der Waals surface area contributed by atoms with Crippen LogP contribution in [0.15, 0.2) is 24.3 Å². The molecule has 0 spiro atoms. The molecular formula is C24H58O2. The summed E-state index contributed by atoms with van der Waals surface area (Å²) in [6.45, 7) is 15.7. The number of carbonyl (C=O) groups excluding carboxylic acids is 2. The zero-order valence-corrected chi connectivity index (χ0v) is 14.4. The molecule has 0 aromatic rings. The van der Waals surface area contributed by atoms with Crippen LogP contribution in [-0.4, -0.2) is 11.6 Å². The molecule has 0 aromatic carbocycles. The van der Waals surface area contributed by atoms with Gasteiger partial charge in [-0.05, 0) is 32.3 Å². The topological polar surface area (TPSA) is 34.1 Å². The van der Waals surface area contributed by atoms with Crippen molar-refractivity contribution in [3.63, 3.8) is 0 Å². The first-order valence-electron chi connectivity index (χ1n) is 7.76. The summed E-state index contributed by atoms with van der Waals surface area (Å²) in [6, 6.07) is 0. The Morgan fingerprint density at radius 1 is 0.731 bits per heavy atom. The zero-order chi connectivity index (χ0) is 16.4. The first-order chi connectivity index (χ1) is 9.42. The molecule has 0 radical (unpaired) electrons. The normalized spacial score (nSPS) is 7.00. The second kappa shape index (κ2) is 49.6. The molecule has 0 aromatic heterocycles. The highest BCUT2D eigenvalue weighted by Crippen LogP contribution is 1.98. The van der Waals surface area contributed by atoms with Gasteiger partial charge in [-0.15, -0.1) is 0 Å². The Kier molecular flexibility index (Phi) is 107. The molecule has 0 amide bonds. The predicted molar refractivity (Wildman–Crippen MR) is 130 cm³/mol. The number of allylic oxidation sites excluding steroid dienone is 3. The molecule has 166 valence electrons. The zero-order valence-electron chi connectivity index (χ0n) is 14.4. The van der Waals surface area contributed by atoms with Crippen molar-refractivity contribution < 1.29 is 9.59 Å². The van der Waals surface area contributed by atoms with Crippen LogP contribution in [0.2, 0.25) is 0 Å². The van der Waals surface area contributed by atoms with E-state index in [9.17, 15) is 9.59 Å². The van der Waals surface area contributed by atoms with Crippen molar-refractivity contribution in [3.05, 3.63) is 24.3 Å². The summed E-state index contributed by atoms with van der Waals surface area (Å²) in [4.78, 5) is 20.7. The van der Waals surface area contributed by atoms with Crippen LogP contribution < -0.4 is 0 Å². The molecule has 0 saturated heterocycles. The van der Waals surface area contributed by atoms with Crippen LogP contribution in [0.1, 0.15) is 125 Å².